The number of hydrogen-bond donors (Lipinski definition) is 1. The van der Waals surface area contributed by atoms with Crippen molar-refractivity contribution in [3.8, 4) is 17.0 Å². The number of amides is 2. The average molecular weight is 499 g/mol. The second kappa shape index (κ2) is 10.6. The zero-order chi connectivity index (χ0) is 24.0. The van der Waals surface area contributed by atoms with Crippen molar-refractivity contribution in [3.05, 3.63) is 63.5 Å². The number of halogens is 4. The number of carbonyl (C=O) groups is 2. The highest BCUT2D eigenvalue weighted by Crippen LogP contribution is 2.27. The van der Waals surface area contributed by atoms with E-state index in [-0.39, 0.29) is 22.2 Å². The van der Waals surface area contributed by atoms with Gasteiger partial charge in [0.15, 0.2) is 4.80 Å². The van der Waals surface area contributed by atoms with Gasteiger partial charge in [0.25, 0.3) is 5.91 Å². The predicted molar refractivity (Wildman–Crippen MR) is 117 cm³/mol. The summed E-state index contributed by atoms with van der Waals surface area (Å²) in [6, 6.07) is 6.86. The lowest BCUT2D eigenvalue weighted by atomic mass is 10.1. The van der Waals surface area contributed by atoms with Gasteiger partial charge in [-0.2, -0.15) is 4.99 Å². The SMILES string of the molecule is CC(=O)NCCCn1c(-c2ccc(OC(F)(F)F)cc2)csc1=NC(=O)c1cnccc1Cl. The van der Waals surface area contributed by atoms with E-state index in [4.69, 9.17) is 11.6 Å². The molecule has 7 nitrogen and oxygen atoms in total. The van der Waals surface area contributed by atoms with Gasteiger partial charge in [0.1, 0.15) is 5.75 Å². The maximum absolute atomic E-state index is 12.7. The van der Waals surface area contributed by atoms with Crippen molar-refractivity contribution in [2.75, 3.05) is 6.54 Å². The first kappa shape index (κ1) is 24.5. The summed E-state index contributed by atoms with van der Waals surface area (Å²) in [5.41, 5.74) is 1.39. The van der Waals surface area contributed by atoms with Crippen LogP contribution in [0.3, 0.4) is 0 Å². The van der Waals surface area contributed by atoms with Gasteiger partial charge in [0.05, 0.1) is 16.3 Å². The lowest BCUT2D eigenvalue weighted by Crippen LogP contribution is -2.24. The quantitative estimate of drug-likeness (QED) is 0.488. The largest absolute Gasteiger partial charge is 0.573 e. The third-order valence-electron chi connectivity index (χ3n) is 4.31. The van der Waals surface area contributed by atoms with E-state index in [9.17, 15) is 22.8 Å². The lowest BCUT2D eigenvalue weighted by molar-refractivity contribution is -0.274. The van der Waals surface area contributed by atoms with Gasteiger partial charge >= 0.3 is 6.36 Å². The number of alkyl halides is 3. The molecule has 0 saturated heterocycles. The molecule has 0 fully saturated rings. The van der Waals surface area contributed by atoms with Gasteiger partial charge in [-0.15, -0.1) is 24.5 Å². The first-order chi connectivity index (χ1) is 15.6. The Morgan fingerprint density at radius 3 is 2.61 bits per heavy atom. The third-order valence-corrected chi connectivity index (χ3v) is 5.50. The molecular formula is C21H18ClF3N4O3S. The molecule has 1 aromatic carbocycles. The summed E-state index contributed by atoms with van der Waals surface area (Å²) in [5, 5.41) is 4.66. The number of aromatic nitrogens is 2. The molecule has 2 aromatic heterocycles. The molecule has 0 saturated carbocycles. The summed E-state index contributed by atoms with van der Waals surface area (Å²) in [6.45, 7) is 2.20. The number of ether oxygens (including phenoxy) is 1. The van der Waals surface area contributed by atoms with Gasteiger partial charge in [0, 0.05) is 37.8 Å². The molecule has 2 heterocycles. The Labute approximate surface area is 195 Å². The maximum Gasteiger partial charge on any atom is 0.573 e. The van der Waals surface area contributed by atoms with Crippen molar-refractivity contribution in [1.29, 1.82) is 0 Å². The molecule has 174 valence electrons. The number of benzene rings is 1. The molecule has 0 bridgehead atoms. The van der Waals surface area contributed by atoms with Crippen LogP contribution in [0.2, 0.25) is 5.02 Å². The van der Waals surface area contributed by atoms with Gasteiger partial charge in [-0.1, -0.05) is 11.6 Å². The molecule has 2 amide bonds. The first-order valence-electron chi connectivity index (χ1n) is 9.61. The van der Waals surface area contributed by atoms with Crippen LogP contribution in [0.15, 0.2) is 53.1 Å². The Kier molecular flexibility index (Phi) is 7.88. The topological polar surface area (TPSA) is 85.6 Å². The fourth-order valence-electron chi connectivity index (χ4n) is 2.88. The van der Waals surface area contributed by atoms with Crippen molar-refractivity contribution < 1.29 is 27.5 Å². The molecule has 0 atom stereocenters. The lowest BCUT2D eigenvalue weighted by Gasteiger charge is -2.11. The number of pyridine rings is 1. The van der Waals surface area contributed by atoms with Crippen molar-refractivity contribution in [2.45, 2.75) is 26.3 Å². The molecule has 33 heavy (non-hydrogen) atoms. The number of hydrogen-bond acceptors (Lipinski definition) is 5. The molecule has 0 aliphatic rings. The minimum Gasteiger partial charge on any atom is -0.406 e. The smallest absolute Gasteiger partial charge is 0.406 e. The first-order valence-corrected chi connectivity index (χ1v) is 10.9. The van der Waals surface area contributed by atoms with Gasteiger partial charge in [-0.3, -0.25) is 14.6 Å². The van der Waals surface area contributed by atoms with Gasteiger partial charge in [-0.05, 0) is 42.3 Å². The van der Waals surface area contributed by atoms with Crippen LogP contribution in [0.4, 0.5) is 13.2 Å². The molecule has 0 radical (unpaired) electrons. The summed E-state index contributed by atoms with van der Waals surface area (Å²) in [4.78, 5) is 32.2. The van der Waals surface area contributed by atoms with Crippen molar-refractivity contribution in [2.24, 2.45) is 4.99 Å². The van der Waals surface area contributed by atoms with Gasteiger partial charge < -0.3 is 14.6 Å². The van der Waals surface area contributed by atoms with Gasteiger partial charge in [-0.25, -0.2) is 0 Å². The van der Waals surface area contributed by atoms with Gasteiger partial charge in [0.2, 0.25) is 5.91 Å². The fraction of sp³-hybridized carbons (Fsp3) is 0.238. The Hall–Kier alpha value is -3.18. The van der Waals surface area contributed by atoms with E-state index in [0.29, 0.717) is 35.6 Å². The van der Waals surface area contributed by atoms with Crippen LogP contribution < -0.4 is 14.9 Å². The summed E-state index contributed by atoms with van der Waals surface area (Å²) in [6.07, 6.45) is -1.47. The summed E-state index contributed by atoms with van der Waals surface area (Å²) in [7, 11) is 0. The van der Waals surface area contributed by atoms with Crippen LogP contribution >= 0.6 is 22.9 Å². The summed E-state index contributed by atoms with van der Waals surface area (Å²) < 4.78 is 43.0. The van der Waals surface area contributed by atoms with Crippen LogP contribution in [0.25, 0.3) is 11.3 Å². The van der Waals surface area contributed by atoms with E-state index in [0.717, 1.165) is 0 Å². The Bertz CT molecular complexity index is 1210. The van der Waals surface area contributed by atoms with Crippen LogP contribution in [-0.2, 0) is 11.3 Å². The van der Waals surface area contributed by atoms with E-state index in [1.807, 2.05) is 0 Å². The third kappa shape index (κ3) is 6.90. The predicted octanol–water partition coefficient (Wildman–Crippen LogP) is 4.43. The second-order valence-electron chi connectivity index (χ2n) is 6.74. The number of rotatable bonds is 7. The number of carbonyl (C=O) groups excluding carboxylic acids is 2. The van der Waals surface area contributed by atoms with Crippen LogP contribution in [0.5, 0.6) is 5.75 Å². The Balaban J connectivity index is 1.95. The molecular weight excluding hydrogens is 481 g/mol. The monoisotopic (exact) mass is 498 g/mol. The molecule has 1 N–H and O–H groups in total. The molecule has 0 aliphatic carbocycles. The zero-order valence-corrected chi connectivity index (χ0v) is 18.8. The molecule has 0 unspecified atom stereocenters. The summed E-state index contributed by atoms with van der Waals surface area (Å²) in [5.74, 6) is -1.09. The van der Waals surface area contributed by atoms with E-state index in [2.05, 4.69) is 20.0 Å². The van der Waals surface area contributed by atoms with Crippen molar-refractivity contribution in [3.63, 3.8) is 0 Å². The highest BCUT2D eigenvalue weighted by molar-refractivity contribution is 7.07. The van der Waals surface area contributed by atoms with Crippen molar-refractivity contribution >= 4 is 34.8 Å². The molecule has 12 heteroatoms. The molecule has 0 aliphatic heterocycles. The van der Waals surface area contributed by atoms with Crippen LogP contribution in [-0.4, -0.2) is 34.3 Å². The highest BCUT2D eigenvalue weighted by atomic mass is 35.5. The molecule has 3 aromatic rings. The Morgan fingerprint density at radius 2 is 1.97 bits per heavy atom. The Morgan fingerprint density at radius 1 is 1.24 bits per heavy atom. The van der Waals surface area contributed by atoms with Crippen LogP contribution in [0, 0.1) is 0 Å². The second-order valence-corrected chi connectivity index (χ2v) is 7.98. The number of thiazole rings is 1. The van der Waals surface area contributed by atoms with E-state index in [1.54, 1.807) is 9.95 Å². The summed E-state index contributed by atoms with van der Waals surface area (Å²) >= 11 is 7.25. The zero-order valence-electron chi connectivity index (χ0n) is 17.2. The van der Waals surface area contributed by atoms with Crippen LogP contribution in [0.1, 0.15) is 23.7 Å². The highest BCUT2D eigenvalue weighted by Gasteiger charge is 2.31. The minimum absolute atomic E-state index is 0.146. The number of nitrogens with zero attached hydrogens (tertiary/aromatic N) is 3. The maximum atomic E-state index is 12.7. The van der Waals surface area contributed by atoms with Crippen molar-refractivity contribution in [1.82, 2.24) is 14.9 Å². The number of nitrogens with one attached hydrogen (secondary N) is 1. The normalized spacial score (nSPS) is 12.0. The average Bonchev–Trinajstić information content (AvgIpc) is 3.13. The standard InChI is InChI=1S/C21H18ClF3N4O3S/c1-13(30)27-8-2-10-29-18(14-3-5-15(6-4-14)32-21(23,24)25)12-33-20(29)28-19(31)16-11-26-9-7-17(16)22/h3-7,9,11-12H,2,8,10H2,1H3,(H,27,30). The molecule has 3 rings (SSSR count). The molecule has 0 spiro atoms. The van der Waals surface area contributed by atoms with E-state index >= 15 is 0 Å². The van der Waals surface area contributed by atoms with E-state index in [1.165, 1.54) is 61.0 Å². The van der Waals surface area contributed by atoms with E-state index < -0.39 is 12.3 Å². The minimum atomic E-state index is -4.78. The fourth-order valence-corrected chi connectivity index (χ4v) is 4.00.